The van der Waals surface area contributed by atoms with Crippen LogP contribution in [0.1, 0.15) is 16.2 Å². The van der Waals surface area contributed by atoms with E-state index in [1.807, 2.05) is 6.07 Å². The maximum Gasteiger partial charge on any atom is 0.296 e. The van der Waals surface area contributed by atoms with E-state index in [2.05, 4.69) is 25.1 Å². The molecule has 2 N–H and O–H groups in total. The molecule has 0 unspecified atom stereocenters. The minimum absolute atomic E-state index is 0.239. The molecule has 3 aromatic rings. The van der Waals surface area contributed by atoms with Crippen LogP contribution in [0.4, 0.5) is 11.5 Å². The molecule has 3 heterocycles. The maximum absolute atomic E-state index is 12.8. The molecule has 2 aliphatic rings. The average molecular weight is 437 g/mol. The lowest BCUT2D eigenvalue weighted by Crippen LogP contribution is -2.48. The zero-order chi connectivity index (χ0) is 21.6. The van der Waals surface area contributed by atoms with Gasteiger partial charge < -0.3 is 5.73 Å². The molecule has 2 aromatic carbocycles. The number of carbonyl (C=O) groups is 1. The summed E-state index contributed by atoms with van der Waals surface area (Å²) in [5.41, 5.74) is 7.28. The van der Waals surface area contributed by atoms with Crippen LogP contribution in [0.15, 0.2) is 57.6 Å². The lowest BCUT2D eigenvalue weighted by Gasteiger charge is -2.33. The fourth-order valence-corrected chi connectivity index (χ4v) is 5.22. The van der Waals surface area contributed by atoms with Crippen LogP contribution in [0.5, 0.6) is 0 Å². The molecular formula is C20H19N7O3S. The molecule has 2 aliphatic heterocycles. The third kappa shape index (κ3) is 3.56. The van der Waals surface area contributed by atoms with Gasteiger partial charge in [-0.15, -0.1) is 10.2 Å². The van der Waals surface area contributed by atoms with Gasteiger partial charge in [0.25, 0.3) is 5.91 Å². The van der Waals surface area contributed by atoms with E-state index < -0.39 is 15.9 Å². The zero-order valence-electron chi connectivity index (χ0n) is 16.5. The predicted octanol–water partition coefficient (Wildman–Crippen LogP) is 1.96. The Balaban J connectivity index is 1.31. The maximum atomic E-state index is 12.8. The summed E-state index contributed by atoms with van der Waals surface area (Å²) in [4.78, 5) is 23.3. The number of benzene rings is 2. The van der Waals surface area contributed by atoms with Gasteiger partial charge in [0, 0.05) is 31.9 Å². The van der Waals surface area contributed by atoms with Gasteiger partial charge in [-0.2, -0.15) is 4.31 Å². The van der Waals surface area contributed by atoms with Crippen molar-refractivity contribution in [3.63, 3.8) is 0 Å². The quantitative estimate of drug-likeness (QED) is 0.617. The van der Waals surface area contributed by atoms with Gasteiger partial charge in [0.1, 0.15) is 5.82 Å². The molecule has 0 saturated carbocycles. The van der Waals surface area contributed by atoms with E-state index in [0.717, 1.165) is 0 Å². The van der Waals surface area contributed by atoms with Crippen LogP contribution < -0.4 is 5.73 Å². The normalized spacial score (nSPS) is 17.4. The number of amides is 1. The third-order valence-electron chi connectivity index (χ3n) is 5.43. The van der Waals surface area contributed by atoms with Gasteiger partial charge in [-0.3, -0.25) is 9.69 Å². The molecular weight excluding hydrogens is 418 g/mol. The van der Waals surface area contributed by atoms with E-state index in [-0.39, 0.29) is 4.90 Å². The molecule has 1 saturated heterocycles. The Morgan fingerprint density at radius 3 is 2.42 bits per heavy atom. The third-order valence-corrected chi connectivity index (χ3v) is 7.34. The number of carbonyl (C=O) groups excluding carboxylic acids is 1. The summed E-state index contributed by atoms with van der Waals surface area (Å²) >= 11 is 0. The molecule has 10 nitrogen and oxygen atoms in total. The van der Waals surface area contributed by atoms with Gasteiger partial charge >= 0.3 is 0 Å². The van der Waals surface area contributed by atoms with Gasteiger partial charge in [0.05, 0.1) is 27.9 Å². The predicted molar refractivity (Wildman–Crippen MR) is 113 cm³/mol. The highest BCUT2D eigenvalue weighted by Gasteiger charge is 2.29. The second-order valence-electron chi connectivity index (χ2n) is 7.42. The molecule has 31 heavy (non-hydrogen) atoms. The number of nitrogens with two attached hydrogens (primary N) is 1. The number of sulfonamides is 1. The largest absolute Gasteiger partial charge is 0.399 e. The van der Waals surface area contributed by atoms with Gasteiger partial charge in [0.2, 0.25) is 10.0 Å². The highest BCUT2D eigenvalue weighted by molar-refractivity contribution is 7.89. The number of anilines is 1. The van der Waals surface area contributed by atoms with Crippen molar-refractivity contribution in [2.75, 3.05) is 31.9 Å². The standard InChI is InChI=1S/C20H19N7O3S/c21-13-4-6-14(7-5-13)31(29,30)27-10-8-26(9-11-27)12-17-22-16-3-1-2-15-18(16)19(23-17)24-25-20(15)28/h1-7H,8-12,21H2. The Morgan fingerprint density at radius 1 is 0.935 bits per heavy atom. The number of hydrogen-bond donors (Lipinski definition) is 1. The first-order chi connectivity index (χ1) is 14.9. The summed E-state index contributed by atoms with van der Waals surface area (Å²) in [7, 11) is -3.56. The summed E-state index contributed by atoms with van der Waals surface area (Å²) in [6.45, 7) is 2.28. The molecule has 0 atom stereocenters. The monoisotopic (exact) mass is 437 g/mol. The van der Waals surface area contributed by atoms with Crippen LogP contribution in [-0.4, -0.2) is 59.7 Å². The Kier molecular flexibility index (Phi) is 4.73. The smallest absolute Gasteiger partial charge is 0.296 e. The number of hydrogen-bond acceptors (Lipinski definition) is 8. The lowest BCUT2D eigenvalue weighted by molar-refractivity contribution is 0.0995. The Hall–Kier alpha value is -3.28. The molecule has 0 bridgehead atoms. The summed E-state index contributed by atoms with van der Waals surface area (Å²) in [5, 5.41) is 8.21. The second kappa shape index (κ2) is 7.45. The molecule has 0 radical (unpaired) electrons. The highest BCUT2D eigenvalue weighted by atomic mass is 32.2. The summed E-state index contributed by atoms with van der Waals surface area (Å²) < 4.78 is 27.2. The van der Waals surface area contributed by atoms with Crippen LogP contribution in [0, 0.1) is 0 Å². The molecule has 158 valence electrons. The summed E-state index contributed by atoms with van der Waals surface area (Å²) in [5.74, 6) is 0.551. The molecule has 0 spiro atoms. The fourth-order valence-electron chi connectivity index (χ4n) is 3.80. The number of nitrogen functional groups attached to an aromatic ring is 1. The lowest BCUT2D eigenvalue weighted by atomic mass is 10.1. The van der Waals surface area contributed by atoms with Crippen molar-refractivity contribution in [1.82, 2.24) is 19.2 Å². The van der Waals surface area contributed by atoms with Crippen molar-refractivity contribution in [1.29, 1.82) is 0 Å². The van der Waals surface area contributed by atoms with E-state index in [4.69, 9.17) is 5.73 Å². The molecule has 1 aromatic heterocycles. The van der Waals surface area contributed by atoms with Gasteiger partial charge in [-0.1, -0.05) is 6.07 Å². The summed E-state index contributed by atoms with van der Waals surface area (Å²) in [6, 6.07) is 11.5. The van der Waals surface area contributed by atoms with E-state index in [0.29, 0.717) is 66.5 Å². The summed E-state index contributed by atoms with van der Waals surface area (Å²) in [6.07, 6.45) is 0. The van der Waals surface area contributed by atoms with Crippen molar-refractivity contribution in [2.24, 2.45) is 10.2 Å². The van der Waals surface area contributed by atoms with Crippen LogP contribution in [0.3, 0.4) is 0 Å². The number of aromatic nitrogens is 2. The Bertz CT molecular complexity index is 1310. The van der Waals surface area contributed by atoms with Crippen molar-refractivity contribution >= 4 is 38.3 Å². The Morgan fingerprint density at radius 2 is 1.68 bits per heavy atom. The van der Waals surface area contributed by atoms with Crippen LogP contribution >= 0.6 is 0 Å². The van der Waals surface area contributed by atoms with Crippen LogP contribution in [-0.2, 0) is 16.6 Å². The number of piperazine rings is 1. The zero-order valence-corrected chi connectivity index (χ0v) is 17.3. The first-order valence-electron chi connectivity index (χ1n) is 9.75. The van der Waals surface area contributed by atoms with Crippen LogP contribution in [0.2, 0.25) is 0 Å². The van der Waals surface area contributed by atoms with E-state index in [1.165, 1.54) is 16.4 Å². The topological polar surface area (TPSA) is 134 Å². The van der Waals surface area contributed by atoms with Crippen LogP contribution in [0.25, 0.3) is 10.9 Å². The van der Waals surface area contributed by atoms with Gasteiger partial charge in [0.15, 0.2) is 5.82 Å². The number of rotatable bonds is 4. The number of nitrogens with zero attached hydrogens (tertiary/aromatic N) is 6. The molecule has 1 fully saturated rings. The molecule has 11 heteroatoms. The Labute approximate surface area is 178 Å². The van der Waals surface area contributed by atoms with Crippen molar-refractivity contribution in [3.05, 3.63) is 53.9 Å². The van der Waals surface area contributed by atoms with Crippen molar-refractivity contribution in [3.8, 4) is 0 Å². The number of azo groups is 1. The minimum atomic E-state index is -3.56. The first-order valence-corrected chi connectivity index (χ1v) is 11.2. The van der Waals surface area contributed by atoms with E-state index in [9.17, 15) is 13.2 Å². The van der Waals surface area contributed by atoms with E-state index >= 15 is 0 Å². The molecule has 0 aliphatic carbocycles. The van der Waals surface area contributed by atoms with Crippen molar-refractivity contribution in [2.45, 2.75) is 11.4 Å². The molecule has 1 amide bonds. The van der Waals surface area contributed by atoms with Crippen molar-refractivity contribution < 1.29 is 13.2 Å². The SMILES string of the molecule is Nc1ccc(S(=O)(=O)N2CCN(Cc3nc4c5c(cccc5n3)C(=O)N=N4)CC2)cc1. The second-order valence-corrected chi connectivity index (χ2v) is 9.36. The van der Waals surface area contributed by atoms with Gasteiger partial charge in [-0.05, 0) is 36.4 Å². The van der Waals surface area contributed by atoms with E-state index in [1.54, 1.807) is 24.3 Å². The average Bonchev–Trinajstić information content (AvgIpc) is 2.77. The van der Waals surface area contributed by atoms with Gasteiger partial charge in [-0.25, -0.2) is 18.4 Å². The fraction of sp³-hybridized carbons (Fsp3) is 0.250. The minimum Gasteiger partial charge on any atom is -0.399 e. The highest BCUT2D eigenvalue weighted by Crippen LogP contribution is 2.31. The molecule has 5 rings (SSSR count). The first kappa shape index (κ1) is 19.7.